The zero-order chi connectivity index (χ0) is 13.9. The number of rotatable bonds is 2. The number of aromatic nitrogens is 1. The lowest BCUT2D eigenvalue weighted by Gasteiger charge is -2.24. The highest BCUT2D eigenvalue weighted by Gasteiger charge is 2.31. The molecule has 1 aromatic rings. The summed E-state index contributed by atoms with van der Waals surface area (Å²) in [5.74, 6) is -1.05. The molecule has 5 nitrogen and oxygen atoms in total. The van der Waals surface area contributed by atoms with E-state index in [1.54, 1.807) is 0 Å². The molecule has 1 saturated heterocycles. The molecule has 6 heteroatoms. The van der Waals surface area contributed by atoms with Crippen molar-refractivity contribution in [1.29, 1.82) is 0 Å². The first-order valence-corrected chi connectivity index (χ1v) is 6.28. The predicted molar refractivity (Wildman–Crippen MR) is 66.0 cm³/mol. The number of pyridine rings is 1. The van der Waals surface area contributed by atoms with Gasteiger partial charge in [-0.25, -0.2) is 4.39 Å². The number of amides is 1. The molecule has 1 aromatic heterocycles. The summed E-state index contributed by atoms with van der Waals surface area (Å²) in [6, 6.07) is 1.35. The van der Waals surface area contributed by atoms with Crippen LogP contribution in [0.2, 0.25) is 0 Å². The van der Waals surface area contributed by atoms with Gasteiger partial charge in [-0.05, 0) is 25.3 Å². The molecule has 0 bridgehead atoms. The highest BCUT2D eigenvalue weighted by atomic mass is 19.1. The number of hydrogen-bond acceptors (Lipinski definition) is 4. The first kappa shape index (κ1) is 13.9. The molecule has 1 amide bonds. The molecule has 0 radical (unpaired) electrons. The average Bonchev–Trinajstić information content (AvgIpc) is 2.61. The standard InChI is InChI=1S/C13H17FN2O3/c14-11-8-15-5-2-10(11)12(18)16-6-1-3-13(19,9-17)4-7-16/h2,5,8,17,19H,1,3-4,6-7,9H2/t13-/m0/s1. The van der Waals surface area contributed by atoms with Crippen molar-refractivity contribution in [3.8, 4) is 0 Å². The van der Waals surface area contributed by atoms with Gasteiger partial charge in [0.15, 0.2) is 5.82 Å². The normalized spacial score (nSPS) is 24.1. The number of carbonyl (C=O) groups is 1. The number of likely N-dealkylation sites (tertiary alicyclic amines) is 1. The van der Waals surface area contributed by atoms with Crippen LogP contribution in [0.4, 0.5) is 4.39 Å². The summed E-state index contributed by atoms with van der Waals surface area (Å²) < 4.78 is 13.5. The summed E-state index contributed by atoms with van der Waals surface area (Å²) in [5.41, 5.74) is -1.14. The quantitative estimate of drug-likeness (QED) is 0.822. The maximum absolute atomic E-state index is 13.5. The van der Waals surface area contributed by atoms with E-state index >= 15 is 0 Å². The van der Waals surface area contributed by atoms with Crippen LogP contribution in [0, 0.1) is 5.82 Å². The summed E-state index contributed by atoms with van der Waals surface area (Å²) in [5, 5.41) is 19.2. The van der Waals surface area contributed by atoms with Crippen LogP contribution in [0.15, 0.2) is 18.5 Å². The van der Waals surface area contributed by atoms with E-state index in [9.17, 15) is 14.3 Å². The van der Waals surface area contributed by atoms with Crippen LogP contribution in [0.25, 0.3) is 0 Å². The lowest BCUT2D eigenvalue weighted by atomic mass is 9.96. The van der Waals surface area contributed by atoms with Crippen LogP contribution >= 0.6 is 0 Å². The molecule has 1 fully saturated rings. The fourth-order valence-corrected chi connectivity index (χ4v) is 2.26. The van der Waals surface area contributed by atoms with Crippen LogP contribution in [-0.4, -0.2) is 51.3 Å². The largest absolute Gasteiger partial charge is 0.393 e. The average molecular weight is 268 g/mol. The molecule has 104 valence electrons. The third kappa shape index (κ3) is 3.08. The summed E-state index contributed by atoms with van der Waals surface area (Å²) >= 11 is 0. The zero-order valence-corrected chi connectivity index (χ0v) is 10.5. The van der Waals surface area contributed by atoms with Gasteiger partial charge in [-0.1, -0.05) is 0 Å². The number of halogens is 1. The minimum atomic E-state index is -1.13. The summed E-state index contributed by atoms with van der Waals surface area (Å²) in [7, 11) is 0. The lowest BCUT2D eigenvalue weighted by Crippen LogP contribution is -2.36. The molecule has 1 atom stereocenters. The number of hydrogen-bond donors (Lipinski definition) is 2. The van der Waals surface area contributed by atoms with Crippen LogP contribution in [-0.2, 0) is 0 Å². The molecular weight excluding hydrogens is 251 g/mol. The van der Waals surface area contributed by atoms with Gasteiger partial charge >= 0.3 is 0 Å². The molecule has 0 aromatic carbocycles. The van der Waals surface area contributed by atoms with E-state index in [-0.39, 0.29) is 12.2 Å². The molecule has 2 N–H and O–H groups in total. The van der Waals surface area contributed by atoms with E-state index in [1.807, 2.05) is 0 Å². The van der Waals surface area contributed by atoms with Gasteiger partial charge in [-0.2, -0.15) is 0 Å². The highest BCUT2D eigenvalue weighted by Crippen LogP contribution is 2.23. The molecule has 19 heavy (non-hydrogen) atoms. The molecule has 0 unspecified atom stereocenters. The Balaban J connectivity index is 2.11. The van der Waals surface area contributed by atoms with Gasteiger partial charge in [0.2, 0.25) is 0 Å². The monoisotopic (exact) mass is 268 g/mol. The lowest BCUT2D eigenvalue weighted by molar-refractivity contribution is -0.0250. The van der Waals surface area contributed by atoms with E-state index < -0.39 is 17.3 Å². The zero-order valence-electron chi connectivity index (χ0n) is 10.5. The molecule has 1 aliphatic heterocycles. The van der Waals surface area contributed by atoms with Gasteiger partial charge in [0, 0.05) is 19.3 Å². The van der Waals surface area contributed by atoms with Gasteiger partial charge in [0.1, 0.15) is 0 Å². The third-order valence-corrected chi connectivity index (χ3v) is 3.50. The first-order valence-electron chi connectivity index (χ1n) is 6.28. The van der Waals surface area contributed by atoms with Gasteiger partial charge in [-0.15, -0.1) is 0 Å². The van der Waals surface area contributed by atoms with E-state index in [0.29, 0.717) is 32.4 Å². The van der Waals surface area contributed by atoms with E-state index in [0.717, 1.165) is 6.20 Å². The summed E-state index contributed by atoms with van der Waals surface area (Å²) in [6.07, 6.45) is 3.69. The fourth-order valence-electron chi connectivity index (χ4n) is 2.26. The maximum Gasteiger partial charge on any atom is 0.256 e. The highest BCUT2D eigenvalue weighted by molar-refractivity contribution is 5.94. The molecule has 1 aliphatic rings. The first-order chi connectivity index (χ1) is 9.06. The van der Waals surface area contributed by atoms with E-state index in [1.165, 1.54) is 17.2 Å². The van der Waals surface area contributed by atoms with Crippen LogP contribution < -0.4 is 0 Å². The van der Waals surface area contributed by atoms with Gasteiger partial charge in [0.05, 0.1) is 24.0 Å². The Morgan fingerprint density at radius 3 is 2.95 bits per heavy atom. The van der Waals surface area contributed by atoms with E-state index in [4.69, 9.17) is 5.11 Å². The number of nitrogens with zero attached hydrogens (tertiary/aromatic N) is 2. The van der Waals surface area contributed by atoms with Crippen molar-refractivity contribution < 1.29 is 19.4 Å². The minimum Gasteiger partial charge on any atom is -0.393 e. The number of aliphatic hydroxyl groups is 2. The molecule has 0 spiro atoms. The second-order valence-corrected chi connectivity index (χ2v) is 4.88. The van der Waals surface area contributed by atoms with Crippen molar-refractivity contribution in [1.82, 2.24) is 9.88 Å². The van der Waals surface area contributed by atoms with Crippen molar-refractivity contribution in [3.63, 3.8) is 0 Å². The van der Waals surface area contributed by atoms with Gasteiger partial charge in [0.25, 0.3) is 5.91 Å². The fraction of sp³-hybridized carbons (Fsp3) is 0.538. The Bertz CT molecular complexity index is 469. The van der Waals surface area contributed by atoms with Gasteiger partial charge < -0.3 is 15.1 Å². The number of aliphatic hydroxyl groups excluding tert-OH is 1. The Morgan fingerprint density at radius 1 is 1.47 bits per heavy atom. The smallest absolute Gasteiger partial charge is 0.256 e. The molecule has 0 saturated carbocycles. The van der Waals surface area contributed by atoms with Crippen LogP contribution in [0.3, 0.4) is 0 Å². The van der Waals surface area contributed by atoms with Crippen molar-refractivity contribution in [2.75, 3.05) is 19.7 Å². The van der Waals surface area contributed by atoms with Gasteiger partial charge in [-0.3, -0.25) is 9.78 Å². The number of carbonyl (C=O) groups excluding carboxylic acids is 1. The summed E-state index contributed by atoms with van der Waals surface area (Å²) in [6.45, 7) is 0.430. The Morgan fingerprint density at radius 2 is 2.26 bits per heavy atom. The SMILES string of the molecule is O=C(c1ccncc1F)N1CCC[C@@](O)(CO)CC1. The second-order valence-electron chi connectivity index (χ2n) is 4.88. The van der Waals surface area contributed by atoms with Crippen molar-refractivity contribution in [2.45, 2.75) is 24.9 Å². The minimum absolute atomic E-state index is 0.00978. The second kappa shape index (κ2) is 5.63. The van der Waals surface area contributed by atoms with Crippen molar-refractivity contribution >= 4 is 5.91 Å². The van der Waals surface area contributed by atoms with Crippen LogP contribution in [0.5, 0.6) is 0 Å². The Labute approximate surface area is 110 Å². The molecule has 2 rings (SSSR count). The van der Waals surface area contributed by atoms with E-state index in [2.05, 4.69) is 4.98 Å². The molecular formula is C13H17FN2O3. The van der Waals surface area contributed by atoms with Crippen molar-refractivity contribution in [2.24, 2.45) is 0 Å². The third-order valence-electron chi connectivity index (χ3n) is 3.50. The Hall–Kier alpha value is -1.53. The van der Waals surface area contributed by atoms with Crippen molar-refractivity contribution in [3.05, 3.63) is 29.8 Å². The molecule has 2 heterocycles. The van der Waals surface area contributed by atoms with Crippen LogP contribution in [0.1, 0.15) is 29.6 Å². The topological polar surface area (TPSA) is 73.7 Å². The Kier molecular flexibility index (Phi) is 4.11. The maximum atomic E-state index is 13.5. The molecule has 0 aliphatic carbocycles. The predicted octanol–water partition coefficient (Wildman–Crippen LogP) is 0.570. The summed E-state index contributed by atoms with van der Waals surface area (Å²) in [4.78, 5) is 17.3.